The number of nitrogens with zero attached hydrogens (tertiary/aromatic N) is 2. The van der Waals surface area contributed by atoms with Crippen LogP contribution in [0.4, 0.5) is 0 Å². The van der Waals surface area contributed by atoms with Crippen LogP contribution in [0.2, 0.25) is 5.02 Å². The summed E-state index contributed by atoms with van der Waals surface area (Å²) in [5.74, 6) is 0.00904. The molecule has 7 heteroatoms. The average Bonchev–Trinajstić information content (AvgIpc) is 3.18. The van der Waals surface area contributed by atoms with Gasteiger partial charge in [0.05, 0.1) is 19.3 Å². The molecule has 0 aliphatic carbocycles. The van der Waals surface area contributed by atoms with Crippen LogP contribution in [0.5, 0.6) is 0 Å². The normalized spacial score (nSPS) is 21.5. The number of carbonyl (C=O) groups is 2. The van der Waals surface area contributed by atoms with Crippen LogP contribution in [-0.4, -0.2) is 67.0 Å². The lowest BCUT2D eigenvalue weighted by molar-refractivity contribution is -0.139. The maximum absolute atomic E-state index is 13.0. The number of nitrogens with one attached hydrogen (secondary N) is 1. The summed E-state index contributed by atoms with van der Waals surface area (Å²) in [5, 5.41) is 3.82. The van der Waals surface area contributed by atoms with Crippen LogP contribution in [0.15, 0.2) is 24.3 Å². The number of carbonyl (C=O) groups excluding carboxylic acids is 2. The molecular formula is C23H34ClN3O3. The summed E-state index contributed by atoms with van der Waals surface area (Å²) in [6.45, 7) is 10.3. The van der Waals surface area contributed by atoms with E-state index in [0.717, 1.165) is 31.5 Å². The van der Waals surface area contributed by atoms with Gasteiger partial charge in [-0.3, -0.25) is 14.5 Å². The van der Waals surface area contributed by atoms with E-state index in [1.54, 1.807) is 4.90 Å². The van der Waals surface area contributed by atoms with E-state index in [2.05, 4.69) is 10.2 Å². The molecule has 0 spiro atoms. The first kappa shape index (κ1) is 23.0. The lowest BCUT2D eigenvalue weighted by Gasteiger charge is -2.35. The SMILES string of the molecule is CC(C)(C)CC(=O)N1CCCC1C(=O)NCC(c1cccc(Cl)c1)N1CCOCC1. The molecule has 0 radical (unpaired) electrons. The van der Waals surface area contributed by atoms with Gasteiger partial charge in [0.15, 0.2) is 0 Å². The summed E-state index contributed by atoms with van der Waals surface area (Å²) in [5.41, 5.74) is 0.992. The Balaban J connectivity index is 1.67. The third kappa shape index (κ3) is 6.19. The van der Waals surface area contributed by atoms with Crippen LogP contribution in [0.1, 0.15) is 51.6 Å². The topological polar surface area (TPSA) is 61.9 Å². The summed E-state index contributed by atoms with van der Waals surface area (Å²) >= 11 is 6.23. The number of likely N-dealkylation sites (tertiary alicyclic amines) is 1. The van der Waals surface area contributed by atoms with Crippen molar-refractivity contribution in [2.45, 2.75) is 52.1 Å². The van der Waals surface area contributed by atoms with Crippen molar-refractivity contribution in [3.05, 3.63) is 34.9 Å². The molecule has 1 aromatic rings. The maximum Gasteiger partial charge on any atom is 0.242 e. The number of morpholine rings is 1. The first-order chi connectivity index (χ1) is 14.2. The second kappa shape index (κ2) is 10.1. The second-order valence-electron chi connectivity index (χ2n) is 9.45. The van der Waals surface area contributed by atoms with Gasteiger partial charge in [-0.05, 0) is 36.0 Å². The molecule has 1 N–H and O–H groups in total. The minimum absolute atomic E-state index is 0.0247. The number of benzene rings is 1. The molecule has 1 aromatic carbocycles. The standard InChI is InChI=1S/C23H34ClN3O3/c1-23(2,3)15-21(28)27-9-5-8-19(27)22(29)25-16-20(26-10-12-30-13-11-26)17-6-4-7-18(24)14-17/h4,6-7,14,19-20H,5,8-13,15-16H2,1-3H3,(H,25,29). The Kier molecular flexibility index (Phi) is 7.77. The molecule has 30 heavy (non-hydrogen) atoms. The molecule has 2 fully saturated rings. The van der Waals surface area contributed by atoms with Crippen molar-refractivity contribution < 1.29 is 14.3 Å². The molecule has 2 amide bonds. The molecule has 2 aliphatic rings. The lowest BCUT2D eigenvalue weighted by atomic mass is 9.91. The predicted molar refractivity (Wildman–Crippen MR) is 118 cm³/mol. The monoisotopic (exact) mass is 435 g/mol. The van der Waals surface area contributed by atoms with Crippen molar-refractivity contribution >= 4 is 23.4 Å². The van der Waals surface area contributed by atoms with Crippen LogP contribution in [0.3, 0.4) is 0 Å². The lowest BCUT2D eigenvalue weighted by Crippen LogP contribution is -2.49. The van der Waals surface area contributed by atoms with Crippen LogP contribution in [0.25, 0.3) is 0 Å². The highest BCUT2D eigenvalue weighted by atomic mass is 35.5. The highest BCUT2D eigenvalue weighted by molar-refractivity contribution is 6.30. The fourth-order valence-electron chi connectivity index (χ4n) is 4.27. The first-order valence-electron chi connectivity index (χ1n) is 10.9. The Bertz CT molecular complexity index is 743. The smallest absolute Gasteiger partial charge is 0.242 e. The molecule has 3 rings (SSSR count). The Morgan fingerprint density at radius 3 is 2.63 bits per heavy atom. The Morgan fingerprint density at radius 2 is 1.97 bits per heavy atom. The highest BCUT2D eigenvalue weighted by Crippen LogP contribution is 2.26. The third-order valence-corrected chi connectivity index (χ3v) is 5.98. The average molecular weight is 436 g/mol. The van der Waals surface area contributed by atoms with Gasteiger partial charge in [-0.15, -0.1) is 0 Å². The van der Waals surface area contributed by atoms with Gasteiger partial charge in [0.2, 0.25) is 11.8 Å². The molecule has 0 bridgehead atoms. The van der Waals surface area contributed by atoms with Crippen LogP contribution >= 0.6 is 11.6 Å². The molecular weight excluding hydrogens is 402 g/mol. The van der Waals surface area contributed by atoms with Gasteiger partial charge in [0.1, 0.15) is 6.04 Å². The van der Waals surface area contributed by atoms with E-state index in [4.69, 9.17) is 16.3 Å². The van der Waals surface area contributed by atoms with Crippen molar-refractivity contribution in [2.24, 2.45) is 5.41 Å². The number of hydrogen-bond acceptors (Lipinski definition) is 4. The van der Waals surface area contributed by atoms with Crippen LogP contribution in [0, 0.1) is 5.41 Å². The summed E-state index contributed by atoms with van der Waals surface area (Å²) in [6, 6.07) is 7.46. The zero-order valence-corrected chi connectivity index (χ0v) is 19.1. The fraction of sp³-hybridized carbons (Fsp3) is 0.652. The summed E-state index contributed by atoms with van der Waals surface area (Å²) in [6.07, 6.45) is 2.05. The maximum atomic E-state index is 13.0. The van der Waals surface area contributed by atoms with Crippen LogP contribution < -0.4 is 5.32 Å². The third-order valence-electron chi connectivity index (χ3n) is 5.75. The predicted octanol–water partition coefficient (Wildman–Crippen LogP) is 3.26. The Hall–Kier alpha value is -1.63. The second-order valence-corrected chi connectivity index (χ2v) is 9.88. The number of ether oxygens (including phenoxy) is 1. The quantitative estimate of drug-likeness (QED) is 0.745. The van der Waals surface area contributed by atoms with Crippen molar-refractivity contribution in [3.63, 3.8) is 0 Å². The minimum Gasteiger partial charge on any atom is -0.379 e. The molecule has 0 saturated carbocycles. The van der Waals surface area contributed by atoms with E-state index < -0.39 is 0 Å². The van der Waals surface area contributed by atoms with Crippen molar-refractivity contribution in [1.29, 1.82) is 0 Å². The number of rotatable bonds is 6. The van der Waals surface area contributed by atoms with Crippen LogP contribution in [-0.2, 0) is 14.3 Å². The van der Waals surface area contributed by atoms with Gasteiger partial charge < -0.3 is 15.0 Å². The van der Waals surface area contributed by atoms with Crippen molar-refractivity contribution in [1.82, 2.24) is 15.1 Å². The van der Waals surface area contributed by atoms with E-state index in [-0.39, 0.29) is 29.3 Å². The summed E-state index contributed by atoms with van der Waals surface area (Å²) in [7, 11) is 0. The zero-order chi connectivity index (χ0) is 21.7. The van der Waals surface area contributed by atoms with Gasteiger partial charge in [0.25, 0.3) is 0 Å². The van der Waals surface area contributed by atoms with Gasteiger partial charge in [0, 0.05) is 37.6 Å². The molecule has 2 unspecified atom stereocenters. The van der Waals surface area contributed by atoms with E-state index in [1.165, 1.54) is 0 Å². The first-order valence-corrected chi connectivity index (χ1v) is 11.3. The molecule has 6 nitrogen and oxygen atoms in total. The molecule has 2 atom stereocenters. The summed E-state index contributed by atoms with van der Waals surface area (Å²) in [4.78, 5) is 29.9. The van der Waals surface area contributed by atoms with E-state index in [1.807, 2.05) is 45.0 Å². The van der Waals surface area contributed by atoms with E-state index in [9.17, 15) is 9.59 Å². The van der Waals surface area contributed by atoms with Crippen molar-refractivity contribution in [2.75, 3.05) is 39.4 Å². The highest BCUT2D eigenvalue weighted by Gasteiger charge is 2.35. The fourth-order valence-corrected chi connectivity index (χ4v) is 4.47. The number of hydrogen-bond donors (Lipinski definition) is 1. The zero-order valence-electron chi connectivity index (χ0n) is 18.3. The minimum atomic E-state index is -0.371. The molecule has 166 valence electrons. The van der Waals surface area contributed by atoms with E-state index in [0.29, 0.717) is 37.7 Å². The van der Waals surface area contributed by atoms with Gasteiger partial charge in [-0.25, -0.2) is 0 Å². The summed E-state index contributed by atoms with van der Waals surface area (Å²) < 4.78 is 5.50. The molecule has 2 saturated heterocycles. The largest absolute Gasteiger partial charge is 0.379 e. The molecule has 0 aromatic heterocycles. The van der Waals surface area contributed by atoms with Gasteiger partial charge >= 0.3 is 0 Å². The van der Waals surface area contributed by atoms with Crippen molar-refractivity contribution in [3.8, 4) is 0 Å². The van der Waals surface area contributed by atoms with E-state index >= 15 is 0 Å². The molecule has 2 aliphatic heterocycles. The number of amides is 2. The Labute approximate surface area is 184 Å². The molecule has 2 heterocycles. The van der Waals surface area contributed by atoms with Gasteiger partial charge in [-0.1, -0.05) is 44.5 Å². The number of halogens is 1. The van der Waals surface area contributed by atoms with Gasteiger partial charge in [-0.2, -0.15) is 0 Å². The Morgan fingerprint density at radius 1 is 1.23 bits per heavy atom.